The molecule has 0 amide bonds. The van der Waals surface area contributed by atoms with Crippen molar-refractivity contribution >= 4 is 17.9 Å². The zero-order chi connectivity index (χ0) is 38.7. The van der Waals surface area contributed by atoms with E-state index in [2.05, 4.69) is 20.8 Å². The van der Waals surface area contributed by atoms with Gasteiger partial charge in [-0.25, -0.2) is 0 Å². The van der Waals surface area contributed by atoms with Gasteiger partial charge in [0.05, 0.1) is 0 Å². The third-order valence-corrected chi connectivity index (χ3v) is 10.6. The quantitative estimate of drug-likeness (QED) is 0.0351. The first-order valence-electron chi connectivity index (χ1n) is 23.5. The van der Waals surface area contributed by atoms with E-state index in [1.807, 2.05) is 0 Å². The molecule has 0 bridgehead atoms. The second-order valence-electron chi connectivity index (χ2n) is 16.0. The van der Waals surface area contributed by atoms with Gasteiger partial charge in [0, 0.05) is 19.3 Å². The lowest BCUT2D eigenvalue weighted by Crippen LogP contribution is -2.30. The summed E-state index contributed by atoms with van der Waals surface area (Å²) < 4.78 is 16.6. The first-order chi connectivity index (χ1) is 26.0. The Bertz CT molecular complexity index is 783. The van der Waals surface area contributed by atoms with E-state index < -0.39 is 6.10 Å². The van der Waals surface area contributed by atoms with Crippen LogP contribution in [-0.2, 0) is 28.6 Å². The topological polar surface area (TPSA) is 78.9 Å². The van der Waals surface area contributed by atoms with E-state index in [0.29, 0.717) is 19.3 Å². The van der Waals surface area contributed by atoms with E-state index in [-0.39, 0.29) is 31.1 Å². The summed E-state index contributed by atoms with van der Waals surface area (Å²) in [6, 6.07) is 0. The molecule has 0 rings (SSSR count). The van der Waals surface area contributed by atoms with Gasteiger partial charge in [-0.2, -0.15) is 0 Å². The Balaban J connectivity index is 4.15. The van der Waals surface area contributed by atoms with Crippen LogP contribution in [0.1, 0.15) is 265 Å². The number of esters is 3. The van der Waals surface area contributed by atoms with Gasteiger partial charge in [-0.15, -0.1) is 0 Å². The van der Waals surface area contributed by atoms with Crippen LogP contribution in [-0.4, -0.2) is 37.2 Å². The smallest absolute Gasteiger partial charge is 0.306 e. The maximum absolute atomic E-state index is 12.7. The molecule has 0 aromatic heterocycles. The van der Waals surface area contributed by atoms with Gasteiger partial charge in [0.1, 0.15) is 13.2 Å². The molecule has 0 aromatic rings. The van der Waals surface area contributed by atoms with Crippen LogP contribution in [0.5, 0.6) is 0 Å². The largest absolute Gasteiger partial charge is 0.462 e. The second-order valence-corrected chi connectivity index (χ2v) is 16.0. The molecule has 0 N–H and O–H groups in total. The molecule has 53 heavy (non-hydrogen) atoms. The van der Waals surface area contributed by atoms with E-state index in [1.54, 1.807) is 0 Å². The first kappa shape index (κ1) is 51.4. The molecule has 0 heterocycles. The van der Waals surface area contributed by atoms with Gasteiger partial charge in [0.25, 0.3) is 0 Å². The number of hydrogen-bond acceptors (Lipinski definition) is 6. The van der Waals surface area contributed by atoms with Gasteiger partial charge in [0.2, 0.25) is 0 Å². The lowest BCUT2D eigenvalue weighted by atomic mass is 10.0. The molecular weight excluding hydrogens is 661 g/mol. The second kappa shape index (κ2) is 43.1. The average Bonchev–Trinajstić information content (AvgIpc) is 3.15. The number of carbonyl (C=O) groups is 3. The van der Waals surface area contributed by atoms with E-state index >= 15 is 0 Å². The van der Waals surface area contributed by atoms with Gasteiger partial charge < -0.3 is 14.2 Å². The summed E-state index contributed by atoms with van der Waals surface area (Å²) in [5.41, 5.74) is 0. The molecule has 0 aromatic carbocycles. The summed E-state index contributed by atoms with van der Waals surface area (Å²) in [7, 11) is 0. The third-order valence-electron chi connectivity index (χ3n) is 10.6. The molecule has 0 radical (unpaired) electrons. The Labute approximate surface area is 329 Å². The Morgan fingerprint density at radius 3 is 0.755 bits per heavy atom. The number of unbranched alkanes of at least 4 members (excludes halogenated alkanes) is 32. The van der Waals surface area contributed by atoms with E-state index in [9.17, 15) is 14.4 Å². The lowest BCUT2D eigenvalue weighted by Gasteiger charge is -2.18. The molecule has 1 unspecified atom stereocenters. The highest BCUT2D eigenvalue weighted by molar-refractivity contribution is 5.71. The number of hydrogen-bond donors (Lipinski definition) is 0. The van der Waals surface area contributed by atoms with E-state index in [1.165, 1.54) is 161 Å². The lowest BCUT2D eigenvalue weighted by molar-refractivity contribution is -0.167. The maximum Gasteiger partial charge on any atom is 0.306 e. The Hall–Kier alpha value is -1.59. The van der Waals surface area contributed by atoms with E-state index in [0.717, 1.165) is 64.2 Å². The van der Waals surface area contributed by atoms with Crippen LogP contribution in [0.3, 0.4) is 0 Å². The van der Waals surface area contributed by atoms with Crippen molar-refractivity contribution in [3.8, 4) is 0 Å². The molecule has 0 aliphatic rings. The number of rotatable bonds is 43. The number of carbonyl (C=O) groups excluding carboxylic acids is 3. The standard InChI is InChI=1S/C47H90O6/c1-4-7-10-13-15-17-19-21-23-25-27-29-31-34-37-40-46(49)52-43-44(42-51-45(48)39-36-33-12-9-6-3)53-47(50)41-38-35-32-30-28-26-24-22-20-18-16-14-11-8-5-2/h44H,4-43H2,1-3H3. The average molecular weight is 751 g/mol. The highest BCUT2D eigenvalue weighted by atomic mass is 16.6. The van der Waals surface area contributed by atoms with Crippen LogP contribution < -0.4 is 0 Å². The monoisotopic (exact) mass is 751 g/mol. The van der Waals surface area contributed by atoms with E-state index in [4.69, 9.17) is 14.2 Å². The Kier molecular flexibility index (Phi) is 41.8. The zero-order valence-electron chi connectivity index (χ0n) is 35.8. The molecule has 6 nitrogen and oxygen atoms in total. The van der Waals surface area contributed by atoms with Crippen molar-refractivity contribution in [2.24, 2.45) is 0 Å². The highest BCUT2D eigenvalue weighted by Gasteiger charge is 2.19. The van der Waals surface area contributed by atoms with Crippen LogP contribution in [0.25, 0.3) is 0 Å². The summed E-state index contributed by atoms with van der Waals surface area (Å²) in [6.07, 6.45) is 44.0. The molecule has 0 aliphatic heterocycles. The SMILES string of the molecule is CCCCCCCCCCCCCCCCCC(=O)OCC(COC(=O)CCCCCCC)OC(=O)CCCCCCCCCCCCCCCCC. The van der Waals surface area contributed by atoms with Crippen LogP contribution in [0.4, 0.5) is 0 Å². The molecule has 1 atom stereocenters. The zero-order valence-corrected chi connectivity index (χ0v) is 35.8. The summed E-state index contributed by atoms with van der Waals surface area (Å²) in [5.74, 6) is -0.863. The predicted octanol–water partition coefficient (Wildman–Crippen LogP) is 14.9. The molecule has 0 spiro atoms. The number of ether oxygens (including phenoxy) is 3. The van der Waals surface area contributed by atoms with Crippen LogP contribution in [0, 0.1) is 0 Å². The fourth-order valence-electron chi connectivity index (χ4n) is 7.03. The maximum atomic E-state index is 12.7. The fourth-order valence-corrected chi connectivity index (χ4v) is 7.03. The highest BCUT2D eigenvalue weighted by Crippen LogP contribution is 2.16. The first-order valence-corrected chi connectivity index (χ1v) is 23.5. The van der Waals surface area contributed by atoms with Crippen molar-refractivity contribution < 1.29 is 28.6 Å². The Morgan fingerprint density at radius 1 is 0.302 bits per heavy atom. The summed E-state index contributed by atoms with van der Waals surface area (Å²) in [5, 5.41) is 0. The predicted molar refractivity (Wildman–Crippen MR) is 224 cm³/mol. The summed E-state index contributed by atoms with van der Waals surface area (Å²) in [4.78, 5) is 37.5. The summed E-state index contributed by atoms with van der Waals surface area (Å²) in [6.45, 7) is 6.58. The van der Waals surface area contributed by atoms with Crippen molar-refractivity contribution in [2.45, 2.75) is 271 Å². The van der Waals surface area contributed by atoms with Crippen molar-refractivity contribution in [1.29, 1.82) is 0 Å². The summed E-state index contributed by atoms with van der Waals surface area (Å²) >= 11 is 0. The molecule has 0 saturated heterocycles. The van der Waals surface area contributed by atoms with Crippen LogP contribution in [0.2, 0.25) is 0 Å². The molecular formula is C47H90O6. The molecule has 0 saturated carbocycles. The Morgan fingerprint density at radius 2 is 0.509 bits per heavy atom. The van der Waals surface area contributed by atoms with Gasteiger partial charge >= 0.3 is 17.9 Å². The molecule has 0 aliphatic carbocycles. The molecule has 6 heteroatoms. The van der Waals surface area contributed by atoms with Gasteiger partial charge in [-0.1, -0.05) is 226 Å². The van der Waals surface area contributed by atoms with Crippen LogP contribution >= 0.6 is 0 Å². The minimum absolute atomic E-state index is 0.0635. The molecule has 0 fully saturated rings. The minimum Gasteiger partial charge on any atom is -0.462 e. The minimum atomic E-state index is -0.757. The van der Waals surface area contributed by atoms with Crippen molar-refractivity contribution in [2.75, 3.05) is 13.2 Å². The van der Waals surface area contributed by atoms with Gasteiger partial charge in [0.15, 0.2) is 6.10 Å². The van der Waals surface area contributed by atoms with Crippen molar-refractivity contribution in [3.63, 3.8) is 0 Å². The van der Waals surface area contributed by atoms with Crippen LogP contribution in [0.15, 0.2) is 0 Å². The van der Waals surface area contributed by atoms with Gasteiger partial charge in [-0.3, -0.25) is 14.4 Å². The van der Waals surface area contributed by atoms with Crippen molar-refractivity contribution in [3.05, 3.63) is 0 Å². The molecule has 314 valence electrons. The van der Waals surface area contributed by atoms with Crippen molar-refractivity contribution in [1.82, 2.24) is 0 Å². The third kappa shape index (κ3) is 41.4. The normalized spacial score (nSPS) is 11.8. The fraction of sp³-hybridized carbons (Fsp3) is 0.936. The van der Waals surface area contributed by atoms with Gasteiger partial charge in [-0.05, 0) is 19.3 Å².